The summed E-state index contributed by atoms with van der Waals surface area (Å²) in [6.07, 6.45) is 0. The third-order valence-electron chi connectivity index (χ3n) is 5.29. The lowest BCUT2D eigenvalue weighted by molar-refractivity contribution is 0.00589. The van der Waals surface area contributed by atoms with Gasteiger partial charge in [0.15, 0.2) is 0 Å². The SMILES string of the molecule is CC(C)(C)OC(=O)c1ccccc1P(c1ccccc1C(=O)OC(C)(C)C)c1ccccc1C(=O)OC(C)(C)C. The van der Waals surface area contributed by atoms with Gasteiger partial charge >= 0.3 is 17.9 Å². The summed E-state index contributed by atoms with van der Waals surface area (Å²) < 4.78 is 17.3. The Morgan fingerprint density at radius 3 is 0.900 bits per heavy atom. The van der Waals surface area contributed by atoms with Gasteiger partial charge in [-0.05, 0) is 104 Å². The fourth-order valence-corrected chi connectivity index (χ4v) is 6.62. The van der Waals surface area contributed by atoms with Crippen LogP contribution in [0.3, 0.4) is 0 Å². The highest BCUT2D eigenvalue weighted by molar-refractivity contribution is 7.80. The monoisotopic (exact) mass is 562 g/mol. The number of hydrogen-bond acceptors (Lipinski definition) is 6. The molecule has 0 aliphatic carbocycles. The first kappa shape index (κ1) is 31.0. The van der Waals surface area contributed by atoms with Crippen LogP contribution in [0.2, 0.25) is 0 Å². The average Bonchev–Trinajstić information content (AvgIpc) is 2.82. The summed E-state index contributed by atoms with van der Waals surface area (Å²) >= 11 is 0. The fraction of sp³-hybridized carbons (Fsp3) is 0.364. The van der Waals surface area contributed by atoms with E-state index in [1.165, 1.54) is 0 Å². The van der Waals surface area contributed by atoms with Crippen molar-refractivity contribution in [2.45, 2.75) is 79.1 Å². The number of rotatable bonds is 6. The van der Waals surface area contributed by atoms with Crippen LogP contribution in [0.1, 0.15) is 93.4 Å². The Morgan fingerprint density at radius 1 is 0.450 bits per heavy atom. The molecule has 0 saturated heterocycles. The number of carbonyl (C=O) groups excluding carboxylic acids is 3. The molecular formula is C33H39O6P. The predicted molar refractivity (Wildman–Crippen MR) is 161 cm³/mol. The van der Waals surface area contributed by atoms with Crippen LogP contribution in [0.25, 0.3) is 0 Å². The van der Waals surface area contributed by atoms with Crippen molar-refractivity contribution in [3.63, 3.8) is 0 Å². The lowest BCUT2D eigenvalue weighted by atomic mass is 10.1. The maximum atomic E-state index is 13.5. The molecule has 3 rings (SSSR count). The minimum Gasteiger partial charge on any atom is -0.456 e. The molecule has 0 spiro atoms. The molecule has 0 N–H and O–H groups in total. The molecule has 0 amide bonds. The van der Waals surface area contributed by atoms with Crippen molar-refractivity contribution in [1.29, 1.82) is 0 Å². The summed E-state index contributed by atoms with van der Waals surface area (Å²) in [5, 5.41) is 1.95. The van der Waals surface area contributed by atoms with Crippen molar-refractivity contribution in [1.82, 2.24) is 0 Å². The topological polar surface area (TPSA) is 78.9 Å². The van der Waals surface area contributed by atoms with E-state index in [1.54, 1.807) is 36.4 Å². The van der Waals surface area contributed by atoms with E-state index in [-0.39, 0.29) is 0 Å². The summed E-state index contributed by atoms with van der Waals surface area (Å²) in [5.74, 6) is -1.46. The highest BCUT2D eigenvalue weighted by atomic mass is 31.1. The molecule has 6 nitrogen and oxygen atoms in total. The van der Waals surface area contributed by atoms with Crippen molar-refractivity contribution in [2.24, 2.45) is 0 Å². The van der Waals surface area contributed by atoms with Crippen molar-refractivity contribution in [3.8, 4) is 0 Å². The van der Waals surface area contributed by atoms with E-state index >= 15 is 0 Å². The van der Waals surface area contributed by atoms with Crippen LogP contribution in [0, 0.1) is 0 Å². The van der Waals surface area contributed by atoms with Gasteiger partial charge in [-0.2, -0.15) is 0 Å². The third kappa shape index (κ3) is 8.25. The van der Waals surface area contributed by atoms with Gasteiger partial charge in [-0.1, -0.05) is 54.6 Å². The van der Waals surface area contributed by atoms with Gasteiger partial charge in [-0.25, -0.2) is 14.4 Å². The minimum atomic E-state index is -1.63. The Morgan fingerprint density at radius 2 is 0.675 bits per heavy atom. The molecule has 212 valence electrons. The van der Waals surface area contributed by atoms with Gasteiger partial charge in [0.2, 0.25) is 0 Å². The van der Waals surface area contributed by atoms with Gasteiger partial charge in [-0.15, -0.1) is 0 Å². The molecule has 0 atom stereocenters. The van der Waals surface area contributed by atoms with Crippen molar-refractivity contribution < 1.29 is 28.6 Å². The Kier molecular flexibility index (Phi) is 9.26. The summed E-state index contributed by atoms with van der Waals surface area (Å²) in [4.78, 5) is 40.4. The van der Waals surface area contributed by atoms with Crippen LogP contribution in [0.4, 0.5) is 0 Å². The molecule has 7 heteroatoms. The van der Waals surface area contributed by atoms with Crippen LogP contribution in [0.5, 0.6) is 0 Å². The second-order valence-corrected chi connectivity index (χ2v) is 14.5. The Bertz CT molecular complexity index is 1220. The molecular weight excluding hydrogens is 523 g/mol. The van der Waals surface area contributed by atoms with Crippen LogP contribution >= 0.6 is 7.92 Å². The molecule has 0 fully saturated rings. The highest BCUT2D eigenvalue weighted by Gasteiger charge is 2.32. The molecule has 0 saturated carbocycles. The zero-order chi connectivity index (χ0) is 29.9. The molecule has 0 bridgehead atoms. The molecule has 0 radical (unpaired) electrons. The average molecular weight is 563 g/mol. The van der Waals surface area contributed by atoms with Gasteiger partial charge in [0, 0.05) is 0 Å². The number of esters is 3. The van der Waals surface area contributed by atoms with E-state index in [0.29, 0.717) is 32.6 Å². The lowest BCUT2D eigenvalue weighted by Gasteiger charge is -2.28. The van der Waals surface area contributed by atoms with E-state index in [1.807, 2.05) is 98.7 Å². The number of hydrogen-bond donors (Lipinski definition) is 0. The maximum absolute atomic E-state index is 13.5. The van der Waals surface area contributed by atoms with Crippen LogP contribution in [0.15, 0.2) is 72.8 Å². The van der Waals surface area contributed by atoms with Gasteiger partial charge in [0.05, 0.1) is 16.7 Å². The molecule has 3 aromatic rings. The highest BCUT2D eigenvalue weighted by Crippen LogP contribution is 2.38. The standard InChI is InChI=1S/C33H39O6P/c1-31(2,3)37-28(34)22-16-10-13-19-25(22)40(26-20-14-11-17-23(26)29(35)38-32(4,5)6)27-21-15-12-18-24(27)30(36)39-33(7,8)9/h10-21H,1-9H3. The predicted octanol–water partition coefficient (Wildman–Crippen LogP) is 6.31. The summed E-state index contributed by atoms with van der Waals surface area (Å²) in [6, 6.07) is 21.5. The molecule has 0 heterocycles. The summed E-state index contributed by atoms with van der Waals surface area (Å²) in [6.45, 7) is 16.3. The number of benzene rings is 3. The maximum Gasteiger partial charge on any atom is 0.339 e. The molecule has 0 aliphatic heterocycles. The van der Waals surface area contributed by atoms with Gasteiger partial charge in [-0.3, -0.25) is 0 Å². The Hall–Kier alpha value is -3.50. The van der Waals surface area contributed by atoms with Crippen LogP contribution in [-0.2, 0) is 14.2 Å². The molecule has 3 aromatic carbocycles. The fourth-order valence-electron chi connectivity index (χ4n) is 3.91. The van der Waals surface area contributed by atoms with Crippen LogP contribution in [-0.4, -0.2) is 34.7 Å². The molecule has 0 unspecified atom stereocenters. The van der Waals surface area contributed by atoms with Gasteiger partial charge in [0.1, 0.15) is 16.8 Å². The van der Waals surface area contributed by atoms with Crippen LogP contribution < -0.4 is 15.9 Å². The zero-order valence-corrected chi connectivity index (χ0v) is 25.7. The third-order valence-corrected chi connectivity index (χ3v) is 7.91. The molecule has 0 aromatic heterocycles. The van der Waals surface area contributed by atoms with Gasteiger partial charge in [0.25, 0.3) is 0 Å². The van der Waals surface area contributed by atoms with E-state index in [0.717, 1.165) is 0 Å². The molecule has 0 aliphatic rings. The van der Waals surface area contributed by atoms with E-state index in [9.17, 15) is 14.4 Å². The lowest BCUT2D eigenvalue weighted by Crippen LogP contribution is -2.35. The first-order valence-corrected chi connectivity index (χ1v) is 14.6. The Labute approximate surface area is 238 Å². The van der Waals surface area contributed by atoms with Gasteiger partial charge < -0.3 is 14.2 Å². The second kappa shape index (κ2) is 11.9. The minimum absolute atomic E-state index is 0.363. The zero-order valence-electron chi connectivity index (χ0n) is 24.8. The molecule has 40 heavy (non-hydrogen) atoms. The Balaban J connectivity index is 2.34. The second-order valence-electron chi connectivity index (χ2n) is 12.4. The first-order valence-electron chi connectivity index (χ1n) is 13.2. The van der Waals surface area contributed by atoms with Crippen molar-refractivity contribution in [3.05, 3.63) is 89.5 Å². The number of carbonyl (C=O) groups is 3. The smallest absolute Gasteiger partial charge is 0.339 e. The van der Waals surface area contributed by atoms with E-state index in [4.69, 9.17) is 14.2 Å². The summed E-state index contributed by atoms with van der Waals surface area (Å²) in [7, 11) is -1.63. The quantitative estimate of drug-likeness (QED) is 0.199. The van der Waals surface area contributed by atoms with E-state index < -0.39 is 42.6 Å². The van der Waals surface area contributed by atoms with Crippen molar-refractivity contribution >= 4 is 41.7 Å². The largest absolute Gasteiger partial charge is 0.456 e. The summed E-state index contributed by atoms with van der Waals surface area (Å²) in [5.41, 5.74) is -1.05. The number of ether oxygens (including phenoxy) is 3. The van der Waals surface area contributed by atoms with E-state index in [2.05, 4.69) is 0 Å². The normalized spacial score (nSPS) is 12.2. The van der Waals surface area contributed by atoms with Crippen molar-refractivity contribution in [2.75, 3.05) is 0 Å². The first-order chi connectivity index (χ1) is 18.5.